The lowest BCUT2D eigenvalue weighted by atomic mass is 10.0. The van der Waals surface area contributed by atoms with Crippen LogP contribution in [0.3, 0.4) is 0 Å². The Morgan fingerprint density at radius 1 is 1.05 bits per heavy atom. The van der Waals surface area contributed by atoms with Gasteiger partial charge in [0.2, 0.25) is 0 Å². The normalized spacial score (nSPS) is 10.9. The lowest BCUT2D eigenvalue weighted by molar-refractivity contribution is -0.274. The number of nitrogens with zero attached hydrogens (tertiary/aromatic N) is 1. The molecule has 0 aromatic heterocycles. The van der Waals surface area contributed by atoms with Crippen molar-refractivity contribution in [2.24, 2.45) is 0 Å². The number of benzene rings is 2. The molecule has 0 aliphatic heterocycles. The molecular weight excluding hydrogens is 269 g/mol. The quantitative estimate of drug-likeness (QED) is 0.852. The van der Waals surface area contributed by atoms with Gasteiger partial charge < -0.3 is 10.5 Å². The molecule has 0 aliphatic carbocycles. The molecule has 2 N–H and O–H groups in total. The average molecular weight is 278 g/mol. The molecular formula is C14H9F3N2O. The van der Waals surface area contributed by atoms with Crippen molar-refractivity contribution in [1.29, 1.82) is 5.26 Å². The van der Waals surface area contributed by atoms with E-state index in [1.165, 1.54) is 24.3 Å². The van der Waals surface area contributed by atoms with Crippen LogP contribution in [0.25, 0.3) is 11.1 Å². The topological polar surface area (TPSA) is 59.0 Å². The summed E-state index contributed by atoms with van der Waals surface area (Å²) in [5, 5.41) is 8.89. The summed E-state index contributed by atoms with van der Waals surface area (Å²) in [4.78, 5) is 0. The third kappa shape index (κ3) is 3.01. The third-order valence-electron chi connectivity index (χ3n) is 2.63. The zero-order valence-electron chi connectivity index (χ0n) is 10.1. The highest BCUT2D eigenvalue weighted by Gasteiger charge is 2.30. The van der Waals surface area contributed by atoms with E-state index in [-0.39, 0.29) is 5.75 Å². The predicted octanol–water partition coefficient (Wildman–Crippen LogP) is 3.71. The Bertz CT molecular complexity index is 658. The van der Waals surface area contributed by atoms with Gasteiger partial charge in [-0.05, 0) is 23.8 Å². The van der Waals surface area contributed by atoms with Gasteiger partial charge in [-0.3, -0.25) is 0 Å². The summed E-state index contributed by atoms with van der Waals surface area (Å²) in [6.45, 7) is 0. The van der Waals surface area contributed by atoms with Crippen molar-refractivity contribution in [2.75, 3.05) is 5.73 Å². The SMILES string of the molecule is N#Cc1cccc(-c2ccc(OC(F)(F)F)cc2)c1N. The minimum Gasteiger partial charge on any atom is -0.406 e. The molecule has 0 radical (unpaired) electrons. The molecule has 0 aliphatic rings. The number of rotatable bonds is 2. The van der Waals surface area contributed by atoms with Gasteiger partial charge >= 0.3 is 6.36 Å². The van der Waals surface area contributed by atoms with Gasteiger partial charge in [-0.2, -0.15) is 5.26 Å². The Kier molecular flexibility index (Phi) is 3.53. The van der Waals surface area contributed by atoms with Crippen molar-refractivity contribution in [3.05, 3.63) is 48.0 Å². The fourth-order valence-electron chi connectivity index (χ4n) is 1.75. The van der Waals surface area contributed by atoms with Crippen molar-refractivity contribution in [3.8, 4) is 22.9 Å². The molecule has 102 valence electrons. The number of nitrogens with two attached hydrogens (primary N) is 1. The van der Waals surface area contributed by atoms with Gasteiger partial charge in [0.25, 0.3) is 0 Å². The van der Waals surface area contributed by atoms with Crippen LogP contribution >= 0.6 is 0 Å². The molecule has 2 aromatic rings. The van der Waals surface area contributed by atoms with E-state index in [1.54, 1.807) is 18.2 Å². The fraction of sp³-hybridized carbons (Fsp3) is 0.0714. The molecule has 6 heteroatoms. The van der Waals surface area contributed by atoms with Crippen LogP contribution in [0.4, 0.5) is 18.9 Å². The van der Waals surface area contributed by atoms with E-state index in [9.17, 15) is 13.2 Å². The first-order valence-electron chi connectivity index (χ1n) is 5.55. The van der Waals surface area contributed by atoms with Gasteiger partial charge in [0.05, 0.1) is 11.3 Å². The third-order valence-corrected chi connectivity index (χ3v) is 2.63. The van der Waals surface area contributed by atoms with Crippen molar-refractivity contribution < 1.29 is 17.9 Å². The van der Waals surface area contributed by atoms with Crippen molar-refractivity contribution >= 4 is 5.69 Å². The van der Waals surface area contributed by atoms with Crippen LogP contribution in [0.2, 0.25) is 0 Å². The molecule has 2 rings (SSSR count). The number of hydrogen-bond acceptors (Lipinski definition) is 3. The van der Waals surface area contributed by atoms with Crippen LogP contribution in [-0.2, 0) is 0 Å². The minimum atomic E-state index is -4.72. The van der Waals surface area contributed by atoms with E-state index < -0.39 is 6.36 Å². The summed E-state index contributed by atoms with van der Waals surface area (Å²) in [6, 6.07) is 12.2. The monoisotopic (exact) mass is 278 g/mol. The Morgan fingerprint density at radius 3 is 2.25 bits per heavy atom. The van der Waals surface area contributed by atoms with E-state index in [2.05, 4.69) is 4.74 Å². The van der Waals surface area contributed by atoms with Crippen LogP contribution in [0.5, 0.6) is 5.75 Å². The maximum absolute atomic E-state index is 12.0. The first-order valence-corrected chi connectivity index (χ1v) is 5.55. The molecule has 3 nitrogen and oxygen atoms in total. The number of nitriles is 1. The highest BCUT2D eigenvalue weighted by Crippen LogP contribution is 2.30. The lowest BCUT2D eigenvalue weighted by Crippen LogP contribution is -2.16. The van der Waals surface area contributed by atoms with Crippen LogP contribution in [-0.4, -0.2) is 6.36 Å². The molecule has 0 fully saturated rings. The summed E-state index contributed by atoms with van der Waals surface area (Å²) in [5.74, 6) is -0.309. The predicted molar refractivity (Wildman–Crippen MR) is 67.7 cm³/mol. The van der Waals surface area contributed by atoms with Crippen molar-refractivity contribution in [1.82, 2.24) is 0 Å². The summed E-state index contributed by atoms with van der Waals surface area (Å²) < 4.78 is 39.9. The molecule has 2 aromatic carbocycles. The van der Waals surface area contributed by atoms with Crippen LogP contribution in [0.15, 0.2) is 42.5 Å². The second-order valence-corrected chi connectivity index (χ2v) is 3.95. The first-order chi connectivity index (χ1) is 9.40. The van der Waals surface area contributed by atoms with Gasteiger partial charge in [0.1, 0.15) is 11.8 Å². The Hall–Kier alpha value is -2.68. The number of hydrogen-bond donors (Lipinski definition) is 1. The van der Waals surface area contributed by atoms with E-state index >= 15 is 0 Å². The van der Waals surface area contributed by atoms with Gasteiger partial charge in [-0.15, -0.1) is 13.2 Å². The van der Waals surface area contributed by atoms with Crippen LogP contribution in [0.1, 0.15) is 5.56 Å². The van der Waals surface area contributed by atoms with Gasteiger partial charge in [0, 0.05) is 5.56 Å². The van der Waals surface area contributed by atoms with E-state index in [0.717, 1.165) is 0 Å². The highest BCUT2D eigenvalue weighted by molar-refractivity contribution is 5.80. The molecule has 20 heavy (non-hydrogen) atoms. The second kappa shape index (κ2) is 5.13. The second-order valence-electron chi connectivity index (χ2n) is 3.95. The molecule has 0 heterocycles. The van der Waals surface area contributed by atoms with E-state index in [0.29, 0.717) is 22.4 Å². The molecule has 0 bridgehead atoms. The molecule has 0 amide bonds. The van der Waals surface area contributed by atoms with Gasteiger partial charge in [0.15, 0.2) is 0 Å². The van der Waals surface area contributed by atoms with Crippen LogP contribution in [0, 0.1) is 11.3 Å². The number of halogens is 3. The zero-order chi connectivity index (χ0) is 14.8. The smallest absolute Gasteiger partial charge is 0.406 e. The zero-order valence-corrected chi connectivity index (χ0v) is 10.1. The summed E-state index contributed by atoms with van der Waals surface area (Å²) in [7, 11) is 0. The lowest BCUT2D eigenvalue weighted by Gasteiger charge is -2.10. The van der Waals surface area contributed by atoms with E-state index in [4.69, 9.17) is 11.0 Å². The molecule has 0 spiro atoms. The average Bonchev–Trinajstić information content (AvgIpc) is 2.38. The Labute approximate surface area is 113 Å². The Morgan fingerprint density at radius 2 is 1.70 bits per heavy atom. The molecule has 0 unspecified atom stereocenters. The number of ether oxygens (including phenoxy) is 1. The molecule has 0 atom stereocenters. The standard InChI is InChI=1S/C14H9F3N2O/c15-14(16,17)20-11-6-4-9(5-7-11)12-3-1-2-10(8-18)13(12)19/h1-7H,19H2. The first kappa shape index (κ1) is 13.7. The highest BCUT2D eigenvalue weighted by atomic mass is 19.4. The largest absolute Gasteiger partial charge is 0.573 e. The van der Waals surface area contributed by atoms with E-state index in [1.807, 2.05) is 6.07 Å². The summed E-state index contributed by atoms with van der Waals surface area (Å²) >= 11 is 0. The minimum absolute atomic E-state index is 0.291. The summed E-state index contributed by atoms with van der Waals surface area (Å²) in [5.41, 5.74) is 7.63. The van der Waals surface area contributed by atoms with Crippen molar-refractivity contribution in [3.63, 3.8) is 0 Å². The Balaban J connectivity index is 2.34. The van der Waals surface area contributed by atoms with Crippen LogP contribution < -0.4 is 10.5 Å². The van der Waals surface area contributed by atoms with Gasteiger partial charge in [-0.1, -0.05) is 24.3 Å². The fourth-order valence-corrected chi connectivity index (χ4v) is 1.75. The number of anilines is 1. The molecule has 0 saturated heterocycles. The van der Waals surface area contributed by atoms with Gasteiger partial charge in [-0.25, -0.2) is 0 Å². The molecule has 0 saturated carbocycles. The van der Waals surface area contributed by atoms with Crippen molar-refractivity contribution in [2.45, 2.75) is 6.36 Å². The number of para-hydroxylation sites is 1. The summed E-state index contributed by atoms with van der Waals surface area (Å²) in [6.07, 6.45) is -4.72. The number of nitrogen functional groups attached to an aromatic ring is 1. The number of alkyl halides is 3. The maximum atomic E-state index is 12.0. The maximum Gasteiger partial charge on any atom is 0.573 e.